The van der Waals surface area contributed by atoms with Gasteiger partial charge in [-0.25, -0.2) is 4.98 Å². The summed E-state index contributed by atoms with van der Waals surface area (Å²) in [6.07, 6.45) is -3.51. The van der Waals surface area contributed by atoms with E-state index in [0.717, 1.165) is 6.07 Å². The van der Waals surface area contributed by atoms with Crippen molar-refractivity contribution in [3.63, 3.8) is 0 Å². The molecule has 0 N–H and O–H groups in total. The Kier molecular flexibility index (Phi) is 4.09. The van der Waals surface area contributed by atoms with Crippen LogP contribution in [0.2, 0.25) is 0 Å². The van der Waals surface area contributed by atoms with Gasteiger partial charge < -0.3 is 18.6 Å². The number of hydrogen-bond acceptors (Lipinski definition) is 6. The van der Waals surface area contributed by atoms with Gasteiger partial charge in [-0.15, -0.1) is 0 Å². The fraction of sp³-hybridized carbons (Fsp3) is 0.235. The van der Waals surface area contributed by atoms with Gasteiger partial charge in [0.2, 0.25) is 11.6 Å². The number of ether oxygens (including phenoxy) is 1. The number of amides is 1. The first-order valence-corrected chi connectivity index (χ1v) is 7.91. The van der Waals surface area contributed by atoms with E-state index in [0.29, 0.717) is 11.5 Å². The Morgan fingerprint density at radius 2 is 2.00 bits per heavy atom. The molecule has 10 heteroatoms. The fourth-order valence-electron chi connectivity index (χ4n) is 2.56. The van der Waals surface area contributed by atoms with Crippen LogP contribution < -0.4 is 4.74 Å². The average molecular weight is 379 g/mol. The van der Waals surface area contributed by atoms with Gasteiger partial charge in [-0.3, -0.25) is 4.79 Å². The zero-order valence-electron chi connectivity index (χ0n) is 13.6. The van der Waals surface area contributed by atoms with E-state index >= 15 is 0 Å². The second-order valence-electron chi connectivity index (χ2n) is 5.86. The average Bonchev–Trinajstić information content (AvgIpc) is 3.27. The van der Waals surface area contributed by atoms with Crippen molar-refractivity contribution < 1.29 is 31.6 Å². The molecule has 3 aromatic heterocycles. The first kappa shape index (κ1) is 17.1. The van der Waals surface area contributed by atoms with Gasteiger partial charge in [-0.05, 0) is 18.2 Å². The summed E-state index contributed by atoms with van der Waals surface area (Å²) < 4.78 is 53.6. The largest absolute Gasteiger partial charge is 0.471 e. The summed E-state index contributed by atoms with van der Waals surface area (Å²) in [5, 5.41) is 3.72. The van der Waals surface area contributed by atoms with Crippen LogP contribution in [0.3, 0.4) is 0 Å². The lowest BCUT2D eigenvalue weighted by Gasteiger charge is -2.38. The smallest absolute Gasteiger partial charge is 0.433 e. The van der Waals surface area contributed by atoms with Crippen molar-refractivity contribution in [2.45, 2.75) is 12.3 Å². The summed E-state index contributed by atoms with van der Waals surface area (Å²) >= 11 is 0. The minimum Gasteiger partial charge on any atom is -0.471 e. The Hall–Kier alpha value is -3.30. The number of alkyl halides is 3. The van der Waals surface area contributed by atoms with Crippen LogP contribution in [0.5, 0.6) is 5.88 Å². The maximum Gasteiger partial charge on any atom is 0.433 e. The van der Waals surface area contributed by atoms with Crippen LogP contribution >= 0.6 is 0 Å². The highest BCUT2D eigenvalue weighted by Gasteiger charge is 2.36. The molecule has 3 aromatic rings. The fourth-order valence-corrected chi connectivity index (χ4v) is 2.56. The number of carbonyl (C=O) groups excluding carboxylic acids is 1. The molecule has 27 heavy (non-hydrogen) atoms. The summed E-state index contributed by atoms with van der Waals surface area (Å²) in [6.45, 7) is 0.416. The SMILES string of the molecule is O=C(c1cc(-c2ccco2)on1)N1CC(Oc2cccc(C(F)(F)F)n2)C1. The van der Waals surface area contributed by atoms with Crippen molar-refractivity contribution in [1.82, 2.24) is 15.0 Å². The third kappa shape index (κ3) is 3.50. The lowest BCUT2D eigenvalue weighted by atomic mass is 10.1. The van der Waals surface area contributed by atoms with Crippen LogP contribution in [0.1, 0.15) is 16.2 Å². The molecule has 0 aromatic carbocycles. The van der Waals surface area contributed by atoms with Gasteiger partial charge in [0, 0.05) is 12.1 Å². The first-order chi connectivity index (χ1) is 12.9. The number of rotatable bonds is 4. The van der Waals surface area contributed by atoms with Gasteiger partial charge in [0.15, 0.2) is 11.5 Å². The van der Waals surface area contributed by atoms with E-state index in [1.165, 1.54) is 29.4 Å². The summed E-state index contributed by atoms with van der Waals surface area (Å²) in [5.41, 5.74) is -0.919. The Labute approximate surface area is 150 Å². The minimum absolute atomic E-state index is 0.108. The molecule has 0 aliphatic carbocycles. The monoisotopic (exact) mass is 379 g/mol. The number of likely N-dealkylation sites (tertiary alicyclic amines) is 1. The van der Waals surface area contributed by atoms with Crippen LogP contribution in [0.4, 0.5) is 13.2 Å². The molecule has 1 fully saturated rings. The van der Waals surface area contributed by atoms with E-state index in [9.17, 15) is 18.0 Å². The Bertz CT molecular complexity index is 946. The standard InChI is InChI=1S/C17H12F3N3O4/c18-17(19,20)14-4-1-5-15(21-14)26-10-8-23(9-10)16(24)11-7-13(27-22-11)12-3-2-6-25-12/h1-7,10H,8-9H2. The van der Waals surface area contributed by atoms with Gasteiger partial charge in [-0.2, -0.15) is 13.2 Å². The van der Waals surface area contributed by atoms with Gasteiger partial charge in [-0.1, -0.05) is 11.2 Å². The minimum atomic E-state index is -4.54. The second kappa shape index (κ2) is 6.45. The highest BCUT2D eigenvalue weighted by molar-refractivity contribution is 5.93. The van der Waals surface area contributed by atoms with Gasteiger partial charge >= 0.3 is 6.18 Å². The Balaban J connectivity index is 1.35. The van der Waals surface area contributed by atoms with Gasteiger partial charge in [0.1, 0.15) is 11.8 Å². The number of halogens is 3. The van der Waals surface area contributed by atoms with Crippen molar-refractivity contribution in [2.75, 3.05) is 13.1 Å². The molecule has 140 valence electrons. The molecule has 0 unspecified atom stereocenters. The lowest BCUT2D eigenvalue weighted by molar-refractivity contribution is -0.141. The zero-order chi connectivity index (χ0) is 19.0. The summed E-state index contributed by atoms with van der Waals surface area (Å²) in [4.78, 5) is 17.2. The first-order valence-electron chi connectivity index (χ1n) is 7.91. The van der Waals surface area contributed by atoms with Gasteiger partial charge in [0.25, 0.3) is 5.91 Å². The molecule has 1 amide bonds. The predicted molar refractivity (Wildman–Crippen MR) is 83.8 cm³/mol. The highest BCUT2D eigenvalue weighted by atomic mass is 19.4. The molecule has 0 bridgehead atoms. The van der Waals surface area contributed by atoms with Gasteiger partial charge in [0.05, 0.1) is 19.4 Å². The topological polar surface area (TPSA) is 81.6 Å². The number of nitrogens with zero attached hydrogens (tertiary/aromatic N) is 3. The van der Waals surface area contributed by atoms with Crippen LogP contribution in [-0.2, 0) is 6.18 Å². The molecule has 0 spiro atoms. The van der Waals surface area contributed by atoms with Crippen LogP contribution in [-0.4, -0.2) is 40.1 Å². The van der Waals surface area contributed by atoms with Crippen molar-refractivity contribution in [3.8, 4) is 17.4 Å². The number of furan rings is 1. The van der Waals surface area contributed by atoms with Crippen molar-refractivity contribution in [2.24, 2.45) is 0 Å². The van der Waals surface area contributed by atoms with E-state index < -0.39 is 18.0 Å². The maximum atomic E-state index is 12.7. The van der Waals surface area contributed by atoms with Crippen LogP contribution in [0.15, 0.2) is 51.6 Å². The van der Waals surface area contributed by atoms with Crippen molar-refractivity contribution in [1.29, 1.82) is 0 Å². The third-order valence-electron chi connectivity index (χ3n) is 3.93. The number of carbonyl (C=O) groups is 1. The molecule has 1 saturated heterocycles. The molecule has 0 saturated carbocycles. The summed E-state index contributed by atoms with van der Waals surface area (Å²) in [7, 11) is 0. The number of aromatic nitrogens is 2. The van der Waals surface area contributed by atoms with E-state index in [-0.39, 0.29) is 30.6 Å². The summed E-state index contributed by atoms with van der Waals surface area (Å²) in [6, 6.07) is 8.24. The number of pyridine rings is 1. The zero-order valence-corrected chi connectivity index (χ0v) is 13.6. The molecule has 0 atom stereocenters. The van der Waals surface area contributed by atoms with Crippen LogP contribution in [0, 0.1) is 0 Å². The van der Waals surface area contributed by atoms with E-state index in [4.69, 9.17) is 13.7 Å². The maximum absolute atomic E-state index is 12.7. The van der Waals surface area contributed by atoms with Crippen molar-refractivity contribution >= 4 is 5.91 Å². The molecule has 4 heterocycles. The van der Waals surface area contributed by atoms with E-state index in [1.54, 1.807) is 12.1 Å². The quantitative estimate of drug-likeness (QED) is 0.692. The summed E-state index contributed by atoms with van der Waals surface area (Å²) in [5.74, 6) is 0.267. The molecule has 1 aliphatic rings. The van der Waals surface area contributed by atoms with E-state index in [1.807, 2.05) is 0 Å². The molecule has 7 nitrogen and oxygen atoms in total. The van der Waals surface area contributed by atoms with E-state index in [2.05, 4.69) is 10.1 Å². The van der Waals surface area contributed by atoms with Crippen molar-refractivity contribution in [3.05, 3.63) is 54.0 Å². The lowest BCUT2D eigenvalue weighted by Crippen LogP contribution is -2.56. The Morgan fingerprint density at radius 1 is 1.19 bits per heavy atom. The van der Waals surface area contributed by atoms with Crippen LogP contribution in [0.25, 0.3) is 11.5 Å². The molecular weight excluding hydrogens is 367 g/mol. The molecule has 4 rings (SSSR count). The Morgan fingerprint density at radius 3 is 2.70 bits per heavy atom. The number of hydrogen-bond donors (Lipinski definition) is 0. The third-order valence-corrected chi connectivity index (χ3v) is 3.93. The highest BCUT2D eigenvalue weighted by Crippen LogP contribution is 2.29. The normalized spacial score (nSPS) is 14.9. The predicted octanol–water partition coefficient (Wildman–Crippen LogP) is 3.25. The molecule has 1 aliphatic heterocycles. The molecule has 0 radical (unpaired) electrons. The second-order valence-corrected chi connectivity index (χ2v) is 5.86. The molecular formula is C17H12F3N3O4.